The van der Waals surface area contributed by atoms with Gasteiger partial charge in [0.15, 0.2) is 0 Å². The van der Waals surface area contributed by atoms with Crippen molar-refractivity contribution in [1.29, 1.82) is 0 Å². The molecule has 0 atom stereocenters. The number of rotatable bonds is 6. The molecule has 0 heterocycles. The van der Waals surface area contributed by atoms with Gasteiger partial charge in [-0.05, 0) is 13.8 Å². The zero-order valence-electron chi connectivity index (χ0n) is 8.49. The molecule has 0 unspecified atom stereocenters. The molecule has 90 valence electrons. The number of hydrogen-bond acceptors (Lipinski definition) is 2. The van der Waals surface area contributed by atoms with Crippen LogP contribution >= 0.6 is 0 Å². The second-order valence-corrected chi connectivity index (χ2v) is 3.39. The van der Waals surface area contributed by atoms with Crippen LogP contribution in [0, 0.1) is 0 Å². The highest BCUT2D eigenvalue weighted by Gasteiger charge is 2.40. The highest BCUT2D eigenvalue weighted by molar-refractivity contribution is 5.78. The first-order chi connectivity index (χ1) is 6.75. The van der Waals surface area contributed by atoms with E-state index in [-0.39, 0.29) is 6.04 Å². The van der Waals surface area contributed by atoms with Gasteiger partial charge < -0.3 is 10.6 Å². The number of carbonyl (C=O) groups excluding carboxylic acids is 1. The predicted molar refractivity (Wildman–Crippen MR) is 47.1 cm³/mol. The third-order valence-electron chi connectivity index (χ3n) is 1.42. The van der Waals surface area contributed by atoms with Crippen LogP contribution in [0.4, 0.5) is 17.6 Å². The first kappa shape index (κ1) is 14.2. The van der Waals surface area contributed by atoms with E-state index >= 15 is 0 Å². The maximum atomic E-state index is 12.3. The van der Waals surface area contributed by atoms with Gasteiger partial charge in [0.05, 0.1) is 13.1 Å². The van der Waals surface area contributed by atoms with Gasteiger partial charge in [0, 0.05) is 6.04 Å². The summed E-state index contributed by atoms with van der Waals surface area (Å²) in [5, 5.41) is 4.39. The van der Waals surface area contributed by atoms with Crippen LogP contribution in [0.5, 0.6) is 0 Å². The van der Waals surface area contributed by atoms with Crippen molar-refractivity contribution in [3.05, 3.63) is 0 Å². The van der Waals surface area contributed by atoms with Crippen LogP contribution in [-0.2, 0) is 4.79 Å². The van der Waals surface area contributed by atoms with Crippen molar-refractivity contribution in [2.45, 2.75) is 32.2 Å². The van der Waals surface area contributed by atoms with E-state index in [4.69, 9.17) is 0 Å². The molecule has 7 heteroatoms. The molecule has 2 N–H and O–H groups in total. The van der Waals surface area contributed by atoms with Crippen molar-refractivity contribution >= 4 is 5.91 Å². The molecule has 0 bridgehead atoms. The monoisotopic (exact) mass is 230 g/mol. The van der Waals surface area contributed by atoms with Crippen LogP contribution in [0.25, 0.3) is 0 Å². The molecule has 0 aromatic rings. The Labute approximate surface area is 85.2 Å². The summed E-state index contributed by atoms with van der Waals surface area (Å²) in [6.45, 7) is 1.79. The van der Waals surface area contributed by atoms with Crippen molar-refractivity contribution < 1.29 is 22.4 Å². The van der Waals surface area contributed by atoms with E-state index in [0.717, 1.165) is 0 Å². The quantitative estimate of drug-likeness (QED) is 0.668. The molecule has 1 amide bonds. The van der Waals surface area contributed by atoms with E-state index in [0.29, 0.717) is 0 Å². The fraction of sp³-hybridized carbons (Fsp3) is 0.875. The van der Waals surface area contributed by atoms with E-state index in [1.54, 1.807) is 13.8 Å². The van der Waals surface area contributed by atoms with Gasteiger partial charge in [-0.25, -0.2) is 8.78 Å². The summed E-state index contributed by atoms with van der Waals surface area (Å²) >= 11 is 0. The number of hydrogen-bond donors (Lipinski definition) is 2. The van der Waals surface area contributed by atoms with Crippen LogP contribution in [0.1, 0.15) is 13.8 Å². The molecule has 3 nitrogen and oxygen atoms in total. The lowest BCUT2D eigenvalue weighted by Gasteiger charge is -2.16. The van der Waals surface area contributed by atoms with E-state index in [9.17, 15) is 22.4 Å². The Bertz CT molecular complexity index is 209. The third-order valence-corrected chi connectivity index (χ3v) is 1.42. The van der Waals surface area contributed by atoms with Crippen molar-refractivity contribution in [3.63, 3.8) is 0 Å². The van der Waals surface area contributed by atoms with Gasteiger partial charge in [0.1, 0.15) is 0 Å². The minimum atomic E-state index is -4.10. The molecule has 0 aromatic heterocycles. The van der Waals surface area contributed by atoms with Crippen molar-refractivity contribution in [3.8, 4) is 0 Å². The number of alkyl halides is 4. The molecule has 0 saturated heterocycles. The summed E-state index contributed by atoms with van der Waals surface area (Å²) < 4.78 is 47.9. The maximum absolute atomic E-state index is 12.3. The Hall–Kier alpha value is -0.850. The molecule has 0 aliphatic heterocycles. The number of halogens is 4. The SMILES string of the molecule is CC(C)NC(=O)CNCC(F)(F)C(F)F. The maximum Gasteiger partial charge on any atom is 0.319 e. The van der Waals surface area contributed by atoms with Crippen molar-refractivity contribution in [1.82, 2.24) is 10.6 Å². The molecule has 0 spiro atoms. The highest BCUT2D eigenvalue weighted by Crippen LogP contribution is 2.21. The molecular formula is C8H14F4N2O. The molecule has 0 aromatic carbocycles. The lowest BCUT2D eigenvalue weighted by atomic mass is 10.3. The number of amides is 1. The van der Waals surface area contributed by atoms with Gasteiger partial charge >= 0.3 is 12.3 Å². The Morgan fingerprint density at radius 1 is 1.33 bits per heavy atom. The third kappa shape index (κ3) is 6.27. The number of nitrogens with one attached hydrogen (secondary N) is 2. The summed E-state index contributed by atoms with van der Waals surface area (Å²) in [7, 11) is 0. The molecule has 0 aliphatic rings. The molecule has 0 fully saturated rings. The standard InChI is InChI=1S/C8H14F4N2O/c1-5(2)14-6(15)3-13-4-8(11,12)7(9)10/h5,7,13H,3-4H2,1-2H3,(H,14,15). The van der Waals surface area contributed by atoms with Crippen molar-refractivity contribution in [2.75, 3.05) is 13.1 Å². The Kier molecular flexibility index (Phi) is 5.56. The molecule has 0 aliphatic carbocycles. The summed E-state index contributed by atoms with van der Waals surface area (Å²) in [6, 6.07) is -0.116. The second-order valence-electron chi connectivity index (χ2n) is 3.39. The van der Waals surface area contributed by atoms with Crippen LogP contribution < -0.4 is 10.6 Å². The fourth-order valence-electron chi connectivity index (χ4n) is 0.793. The van der Waals surface area contributed by atoms with Gasteiger partial charge in [0.25, 0.3) is 0 Å². The minimum Gasteiger partial charge on any atom is -0.353 e. The predicted octanol–water partition coefficient (Wildman–Crippen LogP) is 1.00. The zero-order valence-corrected chi connectivity index (χ0v) is 8.49. The van der Waals surface area contributed by atoms with Crippen molar-refractivity contribution in [2.24, 2.45) is 0 Å². The second kappa shape index (κ2) is 5.89. The van der Waals surface area contributed by atoms with Crippen LogP contribution in [-0.4, -0.2) is 37.4 Å². The highest BCUT2D eigenvalue weighted by atomic mass is 19.3. The minimum absolute atomic E-state index is 0.116. The van der Waals surface area contributed by atoms with Gasteiger partial charge in [-0.2, -0.15) is 8.78 Å². The Morgan fingerprint density at radius 2 is 1.87 bits per heavy atom. The first-order valence-electron chi connectivity index (χ1n) is 4.41. The smallest absolute Gasteiger partial charge is 0.319 e. The average molecular weight is 230 g/mol. The summed E-state index contributed by atoms with van der Waals surface area (Å²) in [5.74, 6) is -4.60. The van der Waals surface area contributed by atoms with E-state index in [2.05, 4.69) is 5.32 Å². The lowest BCUT2D eigenvalue weighted by Crippen LogP contribution is -2.44. The van der Waals surface area contributed by atoms with Crippen LogP contribution in [0.15, 0.2) is 0 Å². The molecule has 0 saturated carbocycles. The topological polar surface area (TPSA) is 41.1 Å². The van der Waals surface area contributed by atoms with Crippen LogP contribution in [0.3, 0.4) is 0 Å². The van der Waals surface area contributed by atoms with E-state index in [1.807, 2.05) is 5.32 Å². The first-order valence-corrected chi connectivity index (χ1v) is 4.41. The largest absolute Gasteiger partial charge is 0.353 e. The fourth-order valence-corrected chi connectivity index (χ4v) is 0.793. The summed E-state index contributed by atoms with van der Waals surface area (Å²) in [5.41, 5.74) is 0. The molecule has 0 radical (unpaired) electrons. The summed E-state index contributed by atoms with van der Waals surface area (Å²) in [4.78, 5) is 10.9. The van der Waals surface area contributed by atoms with Gasteiger partial charge in [-0.3, -0.25) is 4.79 Å². The van der Waals surface area contributed by atoms with Gasteiger partial charge in [-0.15, -0.1) is 0 Å². The lowest BCUT2D eigenvalue weighted by molar-refractivity contribution is -0.128. The van der Waals surface area contributed by atoms with E-state index < -0.39 is 31.3 Å². The molecule has 15 heavy (non-hydrogen) atoms. The Morgan fingerprint density at radius 3 is 2.27 bits per heavy atom. The molecular weight excluding hydrogens is 216 g/mol. The summed E-state index contributed by atoms with van der Waals surface area (Å²) in [6.07, 6.45) is -3.72. The van der Waals surface area contributed by atoms with Gasteiger partial charge in [-0.1, -0.05) is 0 Å². The van der Waals surface area contributed by atoms with Crippen LogP contribution in [0.2, 0.25) is 0 Å². The molecule has 0 rings (SSSR count). The average Bonchev–Trinajstić information content (AvgIpc) is 2.01. The zero-order chi connectivity index (χ0) is 12.1. The Balaban J connectivity index is 3.75. The van der Waals surface area contributed by atoms with Gasteiger partial charge in [0.2, 0.25) is 5.91 Å². The van der Waals surface area contributed by atoms with E-state index in [1.165, 1.54) is 0 Å². The number of carbonyl (C=O) groups is 1. The normalized spacial score (nSPS) is 12.3.